The van der Waals surface area contributed by atoms with E-state index in [-0.39, 0.29) is 11.3 Å². The van der Waals surface area contributed by atoms with Crippen molar-refractivity contribution in [2.45, 2.75) is 17.9 Å². The Balaban J connectivity index is 2.78. The molecule has 1 unspecified atom stereocenters. The zero-order valence-corrected chi connectivity index (χ0v) is 7.76. The van der Waals surface area contributed by atoms with Gasteiger partial charge in [0.25, 0.3) is 5.56 Å². The second-order valence-electron chi connectivity index (χ2n) is 3.04. The molecule has 2 heterocycles. The summed E-state index contributed by atoms with van der Waals surface area (Å²) in [7, 11) is -3.19. The Morgan fingerprint density at radius 1 is 1.62 bits per heavy atom. The number of nitrogens with one attached hydrogen (secondary N) is 1. The Hall–Kier alpha value is -1.17. The van der Waals surface area contributed by atoms with Gasteiger partial charge in [-0.3, -0.25) is 4.79 Å². The summed E-state index contributed by atoms with van der Waals surface area (Å²) in [4.78, 5) is 17.4. The summed E-state index contributed by atoms with van der Waals surface area (Å²) < 4.78 is 22.8. The SMILES string of the molecule is CC1c2c(nc[nH]c2=O)CS1(=O)=O. The monoisotopic (exact) mass is 200 g/mol. The van der Waals surface area contributed by atoms with Gasteiger partial charge in [0.2, 0.25) is 0 Å². The second kappa shape index (κ2) is 2.41. The number of hydrogen-bond donors (Lipinski definition) is 1. The lowest BCUT2D eigenvalue weighted by Crippen LogP contribution is -2.15. The van der Waals surface area contributed by atoms with Crippen molar-refractivity contribution in [3.8, 4) is 0 Å². The normalized spacial score (nSPS) is 24.2. The van der Waals surface area contributed by atoms with Crippen molar-refractivity contribution in [3.05, 3.63) is 27.9 Å². The van der Waals surface area contributed by atoms with Gasteiger partial charge in [0.05, 0.1) is 28.6 Å². The predicted molar refractivity (Wildman–Crippen MR) is 45.9 cm³/mol. The van der Waals surface area contributed by atoms with Crippen LogP contribution in [0.25, 0.3) is 0 Å². The van der Waals surface area contributed by atoms with Crippen LogP contribution in [-0.4, -0.2) is 18.4 Å². The van der Waals surface area contributed by atoms with Crippen molar-refractivity contribution in [3.63, 3.8) is 0 Å². The predicted octanol–water partition coefficient (Wildman–Crippen LogP) is -0.241. The minimum Gasteiger partial charge on any atom is -0.313 e. The molecule has 1 aromatic rings. The van der Waals surface area contributed by atoms with E-state index in [1.165, 1.54) is 13.3 Å². The van der Waals surface area contributed by atoms with E-state index < -0.39 is 15.1 Å². The highest BCUT2D eigenvalue weighted by Crippen LogP contribution is 2.31. The largest absolute Gasteiger partial charge is 0.313 e. The second-order valence-corrected chi connectivity index (χ2v) is 5.36. The molecule has 0 spiro atoms. The molecule has 0 saturated heterocycles. The van der Waals surface area contributed by atoms with E-state index in [9.17, 15) is 13.2 Å². The molecule has 0 radical (unpaired) electrons. The van der Waals surface area contributed by atoms with Crippen LogP contribution in [0.1, 0.15) is 23.4 Å². The third-order valence-electron chi connectivity index (χ3n) is 2.25. The first kappa shape index (κ1) is 8.43. The van der Waals surface area contributed by atoms with Gasteiger partial charge in [-0.15, -0.1) is 0 Å². The molecule has 2 rings (SSSR count). The summed E-state index contributed by atoms with van der Waals surface area (Å²) in [5.74, 6) is -0.118. The molecule has 0 fully saturated rings. The lowest BCUT2D eigenvalue weighted by molar-refractivity contribution is 0.590. The quantitative estimate of drug-likeness (QED) is 0.626. The Labute approximate surface area is 74.7 Å². The molecule has 0 saturated carbocycles. The van der Waals surface area contributed by atoms with E-state index in [0.29, 0.717) is 11.3 Å². The van der Waals surface area contributed by atoms with Crippen LogP contribution >= 0.6 is 0 Å². The van der Waals surface area contributed by atoms with E-state index in [1.54, 1.807) is 0 Å². The zero-order valence-electron chi connectivity index (χ0n) is 6.94. The van der Waals surface area contributed by atoms with Crippen LogP contribution in [0, 0.1) is 0 Å². The number of sulfone groups is 1. The maximum atomic E-state index is 11.4. The van der Waals surface area contributed by atoms with Crippen LogP contribution in [0.4, 0.5) is 0 Å². The standard InChI is InChI=1S/C7H8N2O3S/c1-4-6-5(2-13(4,11)12)8-3-9-7(6)10/h3-4H,2H2,1H3,(H,8,9,10). The first-order valence-corrected chi connectivity index (χ1v) is 5.52. The number of nitrogens with zero attached hydrogens (tertiary/aromatic N) is 1. The number of rotatable bonds is 0. The third-order valence-corrected chi connectivity index (χ3v) is 4.24. The summed E-state index contributed by atoms with van der Waals surface area (Å²) in [6, 6.07) is 0. The Morgan fingerprint density at radius 3 is 2.92 bits per heavy atom. The molecule has 70 valence electrons. The molecule has 1 N–H and O–H groups in total. The summed E-state index contributed by atoms with van der Waals surface area (Å²) in [6.07, 6.45) is 1.23. The number of H-pyrrole nitrogens is 1. The first-order valence-electron chi connectivity index (χ1n) is 3.80. The zero-order chi connectivity index (χ0) is 9.64. The van der Waals surface area contributed by atoms with Crippen LogP contribution < -0.4 is 5.56 Å². The molecular weight excluding hydrogens is 192 g/mol. The maximum Gasteiger partial charge on any atom is 0.255 e. The molecule has 0 aromatic carbocycles. The number of aromatic nitrogens is 2. The van der Waals surface area contributed by atoms with Gasteiger partial charge in [-0.25, -0.2) is 13.4 Å². The topological polar surface area (TPSA) is 79.9 Å². The van der Waals surface area contributed by atoms with Crippen molar-refractivity contribution in [2.24, 2.45) is 0 Å². The fourth-order valence-electron chi connectivity index (χ4n) is 1.48. The van der Waals surface area contributed by atoms with Gasteiger partial charge in [-0.2, -0.15) is 0 Å². The highest BCUT2D eigenvalue weighted by Gasteiger charge is 2.36. The highest BCUT2D eigenvalue weighted by molar-refractivity contribution is 7.91. The fourth-order valence-corrected chi connectivity index (χ4v) is 2.94. The van der Waals surface area contributed by atoms with Crippen LogP contribution in [0.3, 0.4) is 0 Å². The molecule has 1 aliphatic rings. The maximum absolute atomic E-state index is 11.4. The van der Waals surface area contributed by atoms with Crippen LogP contribution in [0.2, 0.25) is 0 Å². The van der Waals surface area contributed by atoms with E-state index in [0.717, 1.165) is 0 Å². The molecule has 1 aromatic heterocycles. The highest BCUT2D eigenvalue weighted by atomic mass is 32.2. The lowest BCUT2D eigenvalue weighted by Gasteiger charge is -1.99. The third kappa shape index (κ3) is 1.09. The van der Waals surface area contributed by atoms with Crippen LogP contribution in [0.15, 0.2) is 11.1 Å². The van der Waals surface area contributed by atoms with Crippen molar-refractivity contribution in [1.82, 2.24) is 9.97 Å². The minimum absolute atomic E-state index is 0.118. The minimum atomic E-state index is -3.19. The molecule has 1 aliphatic heterocycles. The lowest BCUT2D eigenvalue weighted by atomic mass is 10.2. The first-order chi connectivity index (χ1) is 6.02. The Bertz CT molecular complexity index is 503. The molecule has 0 aliphatic carbocycles. The summed E-state index contributed by atoms with van der Waals surface area (Å²) >= 11 is 0. The average Bonchev–Trinajstić information content (AvgIpc) is 2.24. The summed E-state index contributed by atoms with van der Waals surface area (Å²) in [6.45, 7) is 1.51. The number of fused-ring (bicyclic) bond motifs is 1. The summed E-state index contributed by atoms with van der Waals surface area (Å²) in [5.41, 5.74) is 0.331. The van der Waals surface area contributed by atoms with Gasteiger partial charge in [-0.1, -0.05) is 0 Å². The molecule has 0 bridgehead atoms. The van der Waals surface area contributed by atoms with Gasteiger partial charge >= 0.3 is 0 Å². The van der Waals surface area contributed by atoms with Crippen molar-refractivity contribution in [1.29, 1.82) is 0 Å². The number of hydrogen-bond acceptors (Lipinski definition) is 4. The Morgan fingerprint density at radius 2 is 2.31 bits per heavy atom. The van der Waals surface area contributed by atoms with Crippen molar-refractivity contribution in [2.75, 3.05) is 0 Å². The van der Waals surface area contributed by atoms with Crippen molar-refractivity contribution < 1.29 is 8.42 Å². The number of aromatic amines is 1. The van der Waals surface area contributed by atoms with Crippen LogP contribution in [-0.2, 0) is 15.6 Å². The van der Waals surface area contributed by atoms with Gasteiger partial charge < -0.3 is 4.98 Å². The molecule has 6 heteroatoms. The van der Waals surface area contributed by atoms with E-state index in [4.69, 9.17) is 0 Å². The van der Waals surface area contributed by atoms with Gasteiger partial charge in [-0.05, 0) is 6.92 Å². The van der Waals surface area contributed by atoms with E-state index in [2.05, 4.69) is 9.97 Å². The fraction of sp³-hybridized carbons (Fsp3) is 0.429. The van der Waals surface area contributed by atoms with Gasteiger partial charge in [0, 0.05) is 0 Å². The average molecular weight is 200 g/mol. The molecule has 1 atom stereocenters. The van der Waals surface area contributed by atoms with E-state index >= 15 is 0 Å². The molecular formula is C7H8N2O3S. The molecule has 5 nitrogen and oxygen atoms in total. The Kier molecular flexibility index (Phi) is 1.56. The smallest absolute Gasteiger partial charge is 0.255 e. The molecule has 13 heavy (non-hydrogen) atoms. The molecule has 0 amide bonds. The van der Waals surface area contributed by atoms with E-state index in [1.807, 2.05) is 0 Å². The van der Waals surface area contributed by atoms with Crippen molar-refractivity contribution >= 4 is 9.84 Å². The van der Waals surface area contributed by atoms with Gasteiger partial charge in [0.15, 0.2) is 9.84 Å². The van der Waals surface area contributed by atoms with Gasteiger partial charge in [0.1, 0.15) is 0 Å². The summed E-state index contributed by atoms with van der Waals surface area (Å²) in [5, 5.41) is -0.722. The van der Waals surface area contributed by atoms with Crippen LogP contribution in [0.5, 0.6) is 0 Å².